The van der Waals surface area contributed by atoms with Gasteiger partial charge in [0.2, 0.25) is 15.9 Å². The summed E-state index contributed by atoms with van der Waals surface area (Å²) in [5, 5.41) is 0. The molecule has 0 spiro atoms. The number of anilines is 1. The molecule has 1 aromatic carbocycles. The third-order valence-corrected chi connectivity index (χ3v) is 7.99. The standard InChI is InChI=1S/C18H27N3O5S2/c1-2-3-14-28(25,26)20-12-10-19(11-13-20)17-8-9-21(18(17)22)15-4-6-16(7-5-15)27(23)24/h4-7,17H,2-3,8-14H2,1H3,(H,23,24)/p-1/t17-/m0/s1. The number of benzene rings is 1. The summed E-state index contributed by atoms with van der Waals surface area (Å²) in [4.78, 5) is 16.8. The predicted molar refractivity (Wildman–Crippen MR) is 106 cm³/mol. The van der Waals surface area contributed by atoms with Crippen molar-refractivity contribution in [2.24, 2.45) is 0 Å². The molecule has 2 aliphatic rings. The highest BCUT2D eigenvalue weighted by molar-refractivity contribution is 7.89. The fraction of sp³-hybridized carbons (Fsp3) is 0.611. The highest BCUT2D eigenvalue weighted by Crippen LogP contribution is 2.26. The molecule has 1 unspecified atom stereocenters. The summed E-state index contributed by atoms with van der Waals surface area (Å²) in [6.07, 6.45) is 2.19. The van der Waals surface area contributed by atoms with Crippen molar-refractivity contribution in [3.05, 3.63) is 24.3 Å². The normalized spacial score (nSPS) is 23.3. The third-order valence-electron chi connectivity index (χ3n) is 5.38. The second-order valence-corrected chi connectivity index (χ2v) is 10.2. The van der Waals surface area contributed by atoms with Gasteiger partial charge >= 0.3 is 0 Å². The maximum atomic E-state index is 12.9. The summed E-state index contributed by atoms with van der Waals surface area (Å²) in [6.45, 7) is 4.46. The number of unbranched alkanes of at least 4 members (excludes halogenated alkanes) is 1. The van der Waals surface area contributed by atoms with Crippen LogP contribution < -0.4 is 4.90 Å². The van der Waals surface area contributed by atoms with Gasteiger partial charge in [0.1, 0.15) is 0 Å². The highest BCUT2D eigenvalue weighted by atomic mass is 32.2. The first kappa shape index (κ1) is 21.4. The Hall–Kier alpha value is -1.33. The van der Waals surface area contributed by atoms with Crippen molar-refractivity contribution in [2.75, 3.05) is 43.4 Å². The van der Waals surface area contributed by atoms with Gasteiger partial charge in [-0.05, 0) is 48.2 Å². The Balaban J connectivity index is 1.59. The maximum Gasteiger partial charge on any atom is 0.244 e. The lowest BCUT2D eigenvalue weighted by Gasteiger charge is -2.36. The molecule has 0 N–H and O–H groups in total. The van der Waals surface area contributed by atoms with Crippen molar-refractivity contribution >= 4 is 32.7 Å². The Kier molecular flexibility index (Phi) is 6.87. The number of carbonyl (C=O) groups is 1. The summed E-state index contributed by atoms with van der Waals surface area (Å²) in [6, 6.07) is 6.00. The van der Waals surface area contributed by atoms with E-state index < -0.39 is 21.1 Å². The molecule has 2 heterocycles. The van der Waals surface area contributed by atoms with Crippen LogP contribution in [-0.4, -0.2) is 76.8 Å². The van der Waals surface area contributed by atoms with Gasteiger partial charge in [0.25, 0.3) is 0 Å². The van der Waals surface area contributed by atoms with Crippen molar-refractivity contribution < 1.29 is 22.0 Å². The lowest BCUT2D eigenvalue weighted by atomic mass is 10.2. The van der Waals surface area contributed by atoms with E-state index in [-0.39, 0.29) is 22.6 Å². The molecule has 156 valence electrons. The van der Waals surface area contributed by atoms with Crippen LogP contribution in [0.1, 0.15) is 26.2 Å². The monoisotopic (exact) mass is 428 g/mol. The van der Waals surface area contributed by atoms with Gasteiger partial charge in [-0.3, -0.25) is 13.9 Å². The smallest absolute Gasteiger partial charge is 0.244 e. The Morgan fingerprint density at radius 1 is 1.11 bits per heavy atom. The molecule has 10 heteroatoms. The molecular formula is C18H26N3O5S2-. The topological polar surface area (TPSA) is 101 Å². The summed E-state index contributed by atoms with van der Waals surface area (Å²) in [7, 11) is -3.21. The van der Waals surface area contributed by atoms with Gasteiger partial charge in [-0.1, -0.05) is 13.3 Å². The molecule has 2 atom stereocenters. The van der Waals surface area contributed by atoms with E-state index in [1.54, 1.807) is 17.0 Å². The fourth-order valence-electron chi connectivity index (χ4n) is 3.75. The van der Waals surface area contributed by atoms with Crippen LogP contribution in [0.3, 0.4) is 0 Å². The molecule has 0 aliphatic carbocycles. The van der Waals surface area contributed by atoms with Crippen LogP contribution in [0.4, 0.5) is 5.69 Å². The summed E-state index contributed by atoms with van der Waals surface area (Å²) < 4.78 is 48.2. The van der Waals surface area contributed by atoms with E-state index in [1.165, 1.54) is 16.4 Å². The van der Waals surface area contributed by atoms with Gasteiger partial charge in [0.15, 0.2) is 0 Å². The number of hydrogen-bond acceptors (Lipinski definition) is 6. The molecule has 0 saturated carbocycles. The first-order valence-electron chi connectivity index (χ1n) is 9.56. The van der Waals surface area contributed by atoms with Crippen LogP contribution in [0.5, 0.6) is 0 Å². The first-order chi connectivity index (χ1) is 13.3. The maximum absolute atomic E-state index is 12.9. The lowest BCUT2D eigenvalue weighted by molar-refractivity contribution is -0.122. The van der Waals surface area contributed by atoms with Gasteiger partial charge in [-0.15, -0.1) is 0 Å². The lowest BCUT2D eigenvalue weighted by Crippen LogP contribution is -2.54. The van der Waals surface area contributed by atoms with Crippen LogP contribution in [-0.2, 0) is 25.9 Å². The second-order valence-electron chi connectivity index (χ2n) is 7.13. The number of nitrogens with zero attached hydrogens (tertiary/aromatic N) is 3. The van der Waals surface area contributed by atoms with Crippen LogP contribution in [0.15, 0.2) is 29.2 Å². The minimum Gasteiger partial charge on any atom is -0.768 e. The highest BCUT2D eigenvalue weighted by Gasteiger charge is 2.39. The zero-order chi connectivity index (χ0) is 20.3. The summed E-state index contributed by atoms with van der Waals surface area (Å²) in [5.74, 6) is 0.169. The Bertz CT molecular complexity index is 820. The zero-order valence-electron chi connectivity index (χ0n) is 16.0. The predicted octanol–water partition coefficient (Wildman–Crippen LogP) is 0.777. The summed E-state index contributed by atoms with van der Waals surface area (Å²) >= 11 is -2.29. The molecule has 8 nitrogen and oxygen atoms in total. The van der Waals surface area contributed by atoms with Crippen molar-refractivity contribution in [1.82, 2.24) is 9.21 Å². The quantitative estimate of drug-likeness (QED) is 0.595. The van der Waals surface area contributed by atoms with E-state index in [1.807, 2.05) is 6.92 Å². The van der Waals surface area contributed by atoms with Gasteiger partial charge in [-0.2, -0.15) is 4.31 Å². The molecule has 2 saturated heterocycles. The van der Waals surface area contributed by atoms with E-state index in [0.29, 0.717) is 51.3 Å². The number of hydrogen-bond donors (Lipinski definition) is 0. The molecule has 0 radical (unpaired) electrons. The Morgan fingerprint density at radius 3 is 2.32 bits per heavy atom. The minimum atomic E-state index is -3.21. The van der Waals surface area contributed by atoms with E-state index in [2.05, 4.69) is 4.90 Å². The summed E-state index contributed by atoms with van der Waals surface area (Å²) in [5.41, 5.74) is 0.683. The van der Waals surface area contributed by atoms with Gasteiger partial charge in [0, 0.05) is 43.3 Å². The molecule has 3 rings (SSSR count). The molecule has 1 amide bonds. The first-order valence-corrected chi connectivity index (χ1v) is 12.2. The number of amides is 1. The number of sulfonamides is 1. The van der Waals surface area contributed by atoms with Crippen LogP contribution in [0.2, 0.25) is 0 Å². The van der Waals surface area contributed by atoms with E-state index in [9.17, 15) is 22.0 Å². The van der Waals surface area contributed by atoms with Crippen LogP contribution in [0, 0.1) is 0 Å². The third kappa shape index (κ3) is 4.62. The van der Waals surface area contributed by atoms with Crippen molar-refractivity contribution in [3.63, 3.8) is 0 Å². The Labute approximate surface area is 168 Å². The molecule has 1 aromatic rings. The average Bonchev–Trinajstić information content (AvgIpc) is 3.08. The van der Waals surface area contributed by atoms with Gasteiger partial charge < -0.3 is 9.45 Å². The van der Waals surface area contributed by atoms with E-state index in [4.69, 9.17) is 0 Å². The molecule has 0 bridgehead atoms. The van der Waals surface area contributed by atoms with Gasteiger partial charge in [-0.25, -0.2) is 8.42 Å². The second kappa shape index (κ2) is 9.00. The van der Waals surface area contributed by atoms with Crippen molar-refractivity contribution in [1.29, 1.82) is 0 Å². The molecule has 2 fully saturated rings. The molecule has 0 aromatic heterocycles. The fourth-order valence-corrected chi connectivity index (χ4v) is 5.74. The van der Waals surface area contributed by atoms with Crippen molar-refractivity contribution in [2.45, 2.75) is 37.1 Å². The van der Waals surface area contributed by atoms with Crippen LogP contribution >= 0.6 is 0 Å². The molecular weight excluding hydrogens is 402 g/mol. The minimum absolute atomic E-state index is 0.0155. The van der Waals surface area contributed by atoms with E-state index >= 15 is 0 Å². The van der Waals surface area contributed by atoms with Gasteiger partial charge in [0.05, 0.1) is 11.8 Å². The SMILES string of the molecule is CCCCS(=O)(=O)N1CCN([C@H]2CCN(c3ccc(S(=O)[O-])cc3)C2=O)CC1. The van der Waals surface area contributed by atoms with Crippen LogP contribution in [0.25, 0.3) is 0 Å². The molecule has 2 aliphatic heterocycles. The number of rotatable bonds is 7. The Morgan fingerprint density at radius 2 is 1.75 bits per heavy atom. The average molecular weight is 429 g/mol. The van der Waals surface area contributed by atoms with E-state index in [0.717, 1.165) is 6.42 Å². The largest absolute Gasteiger partial charge is 0.768 e. The number of piperazine rings is 1. The molecule has 28 heavy (non-hydrogen) atoms. The number of carbonyl (C=O) groups excluding carboxylic acids is 1. The zero-order valence-corrected chi connectivity index (χ0v) is 17.6. The van der Waals surface area contributed by atoms with Crippen molar-refractivity contribution in [3.8, 4) is 0 Å².